The van der Waals surface area contributed by atoms with Crippen LogP contribution in [0.2, 0.25) is 0 Å². The summed E-state index contributed by atoms with van der Waals surface area (Å²) in [4.78, 5) is 12.3. The van der Waals surface area contributed by atoms with Crippen LogP contribution in [0.5, 0.6) is 0 Å². The van der Waals surface area contributed by atoms with E-state index in [2.05, 4.69) is 15.0 Å². The average molecular weight is 369 g/mol. The molecular formula is C15H24N5O4P. The van der Waals surface area contributed by atoms with Crippen molar-refractivity contribution in [3.8, 4) is 0 Å². The fourth-order valence-corrected chi connectivity index (χ4v) is 3.75. The van der Waals surface area contributed by atoms with Crippen LogP contribution in [-0.2, 0) is 20.2 Å². The Balaban J connectivity index is 2.05. The van der Waals surface area contributed by atoms with Crippen LogP contribution < -0.4 is 5.73 Å². The van der Waals surface area contributed by atoms with Crippen LogP contribution in [0, 0.1) is 5.92 Å². The molecule has 0 saturated carbocycles. The molecule has 0 fully saturated rings. The lowest BCUT2D eigenvalue weighted by Crippen LogP contribution is -2.08. The molecule has 0 aliphatic heterocycles. The van der Waals surface area contributed by atoms with Crippen molar-refractivity contribution in [2.45, 2.75) is 26.8 Å². The highest BCUT2D eigenvalue weighted by atomic mass is 31.2. The third-order valence-corrected chi connectivity index (χ3v) is 5.34. The number of aromatic nitrogens is 4. The fraction of sp³-hybridized carbons (Fsp3) is 0.533. The summed E-state index contributed by atoms with van der Waals surface area (Å²) in [6.45, 7) is 4.55. The zero-order valence-electron chi connectivity index (χ0n) is 14.4. The van der Waals surface area contributed by atoms with Crippen LogP contribution in [0.15, 0.2) is 24.5 Å². The molecule has 1 unspecified atom stereocenters. The first-order valence-corrected chi connectivity index (χ1v) is 9.74. The standard InChI is InChI=1S/C15H24N5O4P/c1-3-23-25(22,24-4-2)8-6-12(9-21)5-7-20-11-19-13-14(16)17-10-18-15(13)20/h6,8,10-12,21H,3-5,7,9H2,1-2H3,(H2,16,17,18)/b8-6+. The summed E-state index contributed by atoms with van der Waals surface area (Å²) in [7, 11) is -3.26. The van der Waals surface area contributed by atoms with Gasteiger partial charge in [-0.05, 0) is 20.3 Å². The highest BCUT2D eigenvalue weighted by molar-refractivity contribution is 7.57. The summed E-state index contributed by atoms with van der Waals surface area (Å²) in [5.41, 5.74) is 6.96. The van der Waals surface area contributed by atoms with E-state index in [9.17, 15) is 9.67 Å². The Labute approximate surface area is 146 Å². The number of nitrogen functional groups attached to an aromatic ring is 1. The second kappa shape index (κ2) is 9.05. The number of aryl methyl sites for hydroxylation is 1. The molecule has 25 heavy (non-hydrogen) atoms. The summed E-state index contributed by atoms with van der Waals surface area (Å²) in [5, 5.41) is 9.58. The lowest BCUT2D eigenvalue weighted by molar-refractivity contribution is 0.227. The minimum absolute atomic E-state index is 0.0848. The molecule has 0 saturated heterocycles. The summed E-state index contributed by atoms with van der Waals surface area (Å²) in [6, 6.07) is 0. The molecule has 2 rings (SSSR count). The minimum atomic E-state index is -3.26. The quantitative estimate of drug-likeness (QED) is 0.611. The molecule has 10 heteroatoms. The van der Waals surface area contributed by atoms with Gasteiger partial charge in [0.25, 0.3) is 0 Å². The second-order valence-corrected chi connectivity index (χ2v) is 7.21. The van der Waals surface area contributed by atoms with Crippen molar-refractivity contribution in [3.05, 3.63) is 24.5 Å². The van der Waals surface area contributed by atoms with E-state index in [4.69, 9.17) is 14.8 Å². The maximum atomic E-state index is 12.4. The van der Waals surface area contributed by atoms with Gasteiger partial charge in [0.15, 0.2) is 11.5 Å². The van der Waals surface area contributed by atoms with E-state index in [0.29, 0.717) is 29.9 Å². The Hall–Kier alpha value is -1.80. The van der Waals surface area contributed by atoms with Crippen LogP contribution in [0.25, 0.3) is 11.2 Å². The van der Waals surface area contributed by atoms with E-state index in [1.165, 1.54) is 12.1 Å². The van der Waals surface area contributed by atoms with Crippen molar-refractivity contribution < 1.29 is 18.7 Å². The fourth-order valence-electron chi connectivity index (χ4n) is 2.33. The molecule has 0 radical (unpaired) electrons. The molecule has 0 amide bonds. The predicted molar refractivity (Wildman–Crippen MR) is 94.9 cm³/mol. The van der Waals surface area contributed by atoms with Gasteiger partial charge in [-0.1, -0.05) is 6.08 Å². The Kier molecular flexibility index (Phi) is 7.07. The number of anilines is 1. The molecule has 1 atom stereocenters. The van der Waals surface area contributed by atoms with E-state index in [1.54, 1.807) is 26.3 Å². The Bertz CT molecular complexity index is 753. The van der Waals surface area contributed by atoms with Crippen LogP contribution in [0.3, 0.4) is 0 Å². The SMILES string of the molecule is CCOP(=O)(/C=C/C(CO)CCn1cnc2c(N)ncnc21)OCC. The lowest BCUT2D eigenvalue weighted by Gasteiger charge is -2.15. The summed E-state index contributed by atoms with van der Waals surface area (Å²) in [5.74, 6) is 1.55. The molecule has 2 aromatic rings. The van der Waals surface area contributed by atoms with E-state index in [-0.39, 0.29) is 25.7 Å². The second-order valence-electron chi connectivity index (χ2n) is 5.32. The summed E-state index contributed by atoms with van der Waals surface area (Å²) >= 11 is 0. The highest BCUT2D eigenvalue weighted by Gasteiger charge is 2.20. The molecule has 3 N–H and O–H groups in total. The van der Waals surface area contributed by atoms with Crippen LogP contribution in [0.1, 0.15) is 20.3 Å². The number of fused-ring (bicyclic) bond motifs is 1. The largest absolute Gasteiger partial charge is 0.396 e. The maximum Gasteiger partial charge on any atom is 0.353 e. The van der Waals surface area contributed by atoms with Crippen molar-refractivity contribution in [3.63, 3.8) is 0 Å². The van der Waals surface area contributed by atoms with Crippen LogP contribution in [0.4, 0.5) is 5.82 Å². The Morgan fingerprint density at radius 1 is 1.32 bits per heavy atom. The third kappa shape index (κ3) is 5.09. The molecule has 0 aliphatic rings. The monoisotopic (exact) mass is 369 g/mol. The molecular weight excluding hydrogens is 345 g/mol. The Morgan fingerprint density at radius 3 is 2.68 bits per heavy atom. The molecule has 0 spiro atoms. The molecule has 9 nitrogen and oxygen atoms in total. The number of nitrogens with zero attached hydrogens (tertiary/aromatic N) is 4. The number of nitrogens with two attached hydrogens (primary N) is 1. The van der Waals surface area contributed by atoms with Gasteiger partial charge in [0, 0.05) is 24.9 Å². The average Bonchev–Trinajstić information content (AvgIpc) is 3.00. The van der Waals surface area contributed by atoms with Crippen molar-refractivity contribution in [2.24, 2.45) is 5.92 Å². The van der Waals surface area contributed by atoms with E-state index >= 15 is 0 Å². The van der Waals surface area contributed by atoms with E-state index in [1.807, 2.05) is 4.57 Å². The topological polar surface area (TPSA) is 125 Å². The molecule has 2 aromatic heterocycles. The molecule has 2 heterocycles. The van der Waals surface area contributed by atoms with Gasteiger partial charge >= 0.3 is 7.60 Å². The first-order valence-electron chi connectivity index (χ1n) is 8.13. The Morgan fingerprint density at radius 2 is 2.04 bits per heavy atom. The normalized spacial score (nSPS) is 13.7. The molecule has 0 aromatic carbocycles. The van der Waals surface area contributed by atoms with Gasteiger partial charge in [-0.2, -0.15) is 0 Å². The van der Waals surface area contributed by atoms with Crippen molar-refractivity contribution in [1.82, 2.24) is 19.5 Å². The smallest absolute Gasteiger partial charge is 0.353 e. The van der Waals surface area contributed by atoms with Crippen molar-refractivity contribution in [2.75, 3.05) is 25.6 Å². The zero-order chi connectivity index (χ0) is 18.3. The van der Waals surface area contributed by atoms with Gasteiger partial charge in [-0.15, -0.1) is 0 Å². The molecule has 0 bridgehead atoms. The van der Waals surface area contributed by atoms with Crippen LogP contribution >= 0.6 is 7.60 Å². The van der Waals surface area contributed by atoms with Crippen LogP contribution in [-0.4, -0.2) is 44.4 Å². The number of aliphatic hydroxyl groups is 1. The zero-order valence-corrected chi connectivity index (χ0v) is 15.3. The first kappa shape index (κ1) is 19.5. The lowest BCUT2D eigenvalue weighted by atomic mass is 10.1. The number of hydrogen-bond acceptors (Lipinski definition) is 8. The van der Waals surface area contributed by atoms with Gasteiger partial charge in [0.2, 0.25) is 0 Å². The third-order valence-electron chi connectivity index (χ3n) is 3.56. The first-order chi connectivity index (χ1) is 12.0. The number of aliphatic hydroxyl groups excluding tert-OH is 1. The van der Waals surface area contributed by atoms with Gasteiger partial charge in [-0.3, -0.25) is 4.57 Å². The van der Waals surface area contributed by atoms with Gasteiger partial charge in [0.1, 0.15) is 11.8 Å². The molecule has 138 valence electrons. The number of imidazole rings is 1. The number of rotatable bonds is 10. The van der Waals surface area contributed by atoms with Crippen molar-refractivity contribution in [1.29, 1.82) is 0 Å². The maximum absolute atomic E-state index is 12.4. The van der Waals surface area contributed by atoms with Crippen molar-refractivity contribution >= 4 is 24.6 Å². The molecule has 0 aliphatic carbocycles. The number of hydrogen-bond donors (Lipinski definition) is 2. The van der Waals surface area contributed by atoms with E-state index in [0.717, 1.165) is 0 Å². The summed E-state index contributed by atoms with van der Waals surface area (Å²) < 4.78 is 24.7. The highest BCUT2D eigenvalue weighted by Crippen LogP contribution is 2.49. The predicted octanol–water partition coefficient (Wildman–Crippen LogP) is 2.19. The summed E-state index contributed by atoms with van der Waals surface area (Å²) in [6.07, 6.45) is 5.30. The van der Waals surface area contributed by atoms with E-state index < -0.39 is 7.60 Å². The minimum Gasteiger partial charge on any atom is -0.396 e. The van der Waals surface area contributed by atoms with Gasteiger partial charge in [-0.25, -0.2) is 15.0 Å². The van der Waals surface area contributed by atoms with Gasteiger partial charge < -0.3 is 24.5 Å². The van der Waals surface area contributed by atoms with Gasteiger partial charge in [0.05, 0.1) is 19.5 Å².